The van der Waals surface area contributed by atoms with Gasteiger partial charge in [0, 0.05) is 30.7 Å². The van der Waals surface area contributed by atoms with Crippen LogP contribution in [0.25, 0.3) is 22.3 Å². The van der Waals surface area contributed by atoms with Gasteiger partial charge in [-0.05, 0) is 42.2 Å². The third kappa shape index (κ3) is 5.24. The van der Waals surface area contributed by atoms with E-state index < -0.39 is 17.3 Å². The minimum absolute atomic E-state index is 0.0191. The average molecular weight is 478 g/mol. The Labute approximate surface area is 200 Å². The molecule has 4 rings (SSSR count). The van der Waals surface area contributed by atoms with Gasteiger partial charge in [-0.25, -0.2) is 0 Å². The molecule has 0 saturated carbocycles. The van der Waals surface area contributed by atoms with Crippen LogP contribution < -0.4 is 10.2 Å². The fraction of sp³-hybridized carbons (Fsp3) is 0.222. The zero-order chi connectivity index (χ0) is 24.9. The van der Waals surface area contributed by atoms with Crippen LogP contribution in [-0.2, 0) is 6.42 Å². The standard InChI is InChI=1S/C27H26O8/c28-10-4-7-20(15-29)34-22-13-19(30)14-23-24(22)25(32)26(33)27(35-23)17-8-9-21(31)18(12-17)11-16-5-2-1-3-6-16/h1-3,5-6,8-9,12-14,20,28-31,33H,4,7,10-11,15H2/t20-/m1/s1. The van der Waals surface area contributed by atoms with Crippen LogP contribution in [0.1, 0.15) is 24.0 Å². The van der Waals surface area contributed by atoms with Gasteiger partial charge < -0.3 is 34.7 Å². The second kappa shape index (κ2) is 10.5. The number of phenols is 2. The van der Waals surface area contributed by atoms with Crippen LogP contribution in [-0.4, -0.2) is 44.9 Å². The van der Waals surface area contributed by atoms with Crippen molar-refractivity contribution in [3.63, 3.8) is 0 Å². The Balaban J connectivity index is 1.78. The molecule has 0 aliphatic rings. The SMILES string of the molecule is O=c1c(O)c(-c2ccc(O)c(Cc3ccccc3)c2)oc2cc(O)cc(O[C@@H](CO)CCCO)c12. The van der Waals surface area contributed by atoms with E-state index in [4.69, 9.17) is 14.3 Å². The fourth-order valence-electron chi connectivity index (χ4n) is 3.92. The van der Waals surface area contributed by atoms with Gasteiger partial charge in [0.1, 0.15) is 34.3 Å². The molecule has 0 bridgehead atoms. The van der Waals surface area contributed by atoms with Crippen molar-refractivity contribution in [2.45, 2.75) is 25.4 Å². The van der Waals surface area contributed by atoms with Crippen LogP contribution >= 0.6 is 0 Å². The second-order valence-electron chi connectivity index (χ2n) is 8.22. The zero-order valence-electron chi connectivity index (χ0n) is 18.8. The molecular weight excluding hydrogens is 452 g/mol. The van der Waals surface area contributed by atoms with Crippen LogP contribution in [0.3, 0.4) is 0 Å². The number of aromatic hydroxyl groups is 3. The summed E-state index contributed by atoms with van der Waals surface area (Å²) in [5, 5.41) is 49.8. The molecule has 0 fully saturated rings. The maximum Gasteiger partial charge on any atom is 0.238 e. The van der Waals surface area contributed by atoms with Crippen LogP contribution in [0.15, 0.2) is 69.9 Å². The summed E-state index contributed by atoms with van der Waals surface area (Å²) in [6, 6.07) is 16.6. The molecule has 0 aliphatic carbocycles. The Hall–Kier alpha value is -4.01. The van der Waals surface area contributed by atoms with Crippen LogP contribution in [0.5, 0.6) is 23.0 Å². The summed E-state index contributed by atoms with van der Waals surface area (Å²) in [6.45, 7) is -0.462. The fourth-order valence-corrected chi connectivity index (χ4v) is 3.92. The summed E-state index contributed by atoms with van der Waals surface area (Å²) < 4.78 is 11.6. The predicted molar refractivity (Wildman–Crippen MR) is 130 cm³/mol. The third-order valence-corrected chi connectivity index (χ3v) is 5.68. The van der Waals surface area contributed by atoms with Crippen molar-refractivity contribution in [3.05, 3.63) is 82.0 Å². The lowest BCUT2D eigenvalue weighted by atomic mass is 10.00. The van der Waals surface area contributed by atoms with Crippen molar-refractivity contribution in [2.75, 3.05) is 13.2 Å². The van der Waals surface area contributed by atoms with E-state index in [0.29, 0.717) is 30.4 Å². The molecule has 0 radical (unpaired) electrons. The van der Waals surface area contributed by atoms with Crippen molar-refractivity contribution >= 4 is 11.0 Å². The molecular formula is C27H26O8. The van der Waals surface area contributed by atoms with Crippen LogP contribution in [0.4, 0.5) is 0 Å². The summed E-state index contributed by atoms with van der Waals surface area (Å²) in [4.78, 5) is 13.2. The highest BCUT2D eigenvalue weighted by Crippen LogP contribution is 2.37. The Morgan fingerprint density at radius 1 is 0.943 bits per heavy atom. The van der Waals surface area contributed by atoms with Gasteiger partial charge in [-0.15, -0.1) is 0 Å². The van der Waals surface area contributed by atoms with Crippen molar-refractivity contribution in [3.8, 4) is 34.3 Å². The first-order valence-corrected chi connectivity index (χ1v) is 11.2. The van der Waals surface area contributed by atoms with Crippen molar-refractivity contribution in [1.29, 1.82) is 0 Å². The molecule has 0 aliphatic heterocycles. The first kappa shape index (κ1) is 24.1. The summed E-state index contributed by atoms with van der Waals surface area (Å²) >= 11 is 0. The molecule has 0 spiro atoms. The Morgan fingerprint density at radius 3 is 2.43 bits per heavy atom. The molecule has 1 heterocycles. The number of hydrogen-bond acceptors (Lipinski definition) is 8. The van der Waals surface area contributed by atoms with E-state index in [-0.39, 0.29) is 47.2 Å². The minimum Gasteiger partial charge on any atom is -0.508 e. The third-order valence-electron chi connectivity index (χ3n) is 5.68. The average Bonchev–Trinajstić information content (AvgIpc) is 2.85. The molecule has 0 unspecified atom stereocenters. The molecule has 182 valence electrons. The van der Waals surface area contributed by atoms with Gasteiger partial charge >= 0.3 is 0 Å². The molecule has 0 saturated heterocycles. The molecule has 5 N–H and O–H groups in total. The predicted octanol–water partition coefficient (Wildman–Crippen LogP) is 3.68. The first-order chi connectivity index (χ1) is 16.9. The molecule has 1 aromatic heterocycles. The molecule has 35 heavy (non-hydrogen) atoms. The number of rotatable bonds is 9. The van der Waals surface area contributed by atoms with E-state index in [1.54, 1.807) is 6.07 Å². The monoisotopic (exact) mass is 478 g/mol. The Bertz CT molecular complexity index is 1380. The smallest absolute Gasteiger partial charge is 0.238 e. The molecule has 0 amide bonds. The lowest BCUT2D eigenvalue weighted by Gasteiger charge is -2.18. The number of hydrogen-bond donors (Lipinski definition) is 5. The molecule has 4 aromatic rings. The highest BCUT2D eigenvalue weighted by atomic mass is 16.5. The van der Waals surface area contributed by atoms with Crippen molar-refractivity contribution in [2.24, 2.45) is 0 Å². The van der Waals surface area contributed by atoms with E-state index in [2.05, 4.69) is 0 Å². The van der Waals surface area contributed by atoms with E-state index in [9.17, 15) is 25.2 Å². The van der Waals surface area contributed by atoms with Gasteiger partial charge in [0.25, 0.3) is 0 Å². The van der Waals surface area contributed by atoms with E-state index in [1.807, 2.05) is 30.3 Å². The first-order valence-electron chi connectivity index (χ1n) is 11.2. The zero-order valence-corrected chi connectivity index (χ0v) is 18.8. The highest BCUT2D eigenvalue weighted by Gasteiger charge is 2.22. The second-order valence-corrected chi connectivity index (χ2v) is 8.22. The number of fused-ring (bicyclic) bond motifs is 1. The number of aliphatic hydroxyl groups excluding tert-OH is 2. The lowest BCUT2D eigenvalue weighted by molar-refractivity contribution is 0.102. The molecule has 3 aromatic carbocycles. The van der Waals surface area contributed by atoms with Gasteiger partial charge in [-0.2, -0.15) is 0 Å². The number of phenolic OH excluding ortho intramolecular Hbond substituents is 2. The van der Waals surface area contributed by atoms with Crippen LogP contribution in [0, 0.1) is 0 Å². The van der Waals surface area contributed by atoms with Crippen LogP contribution in [0.2, 0.25) is 0 Å². The Kier molecular flexibility index (Phi) is 7.24. The summed E-state index contributed by atoms with van der Waals surface area (Å²) in [7, 11) is 0. The number of aliphatic hydroxyl groups is 2. The van der Waals surface area contributed by atoms with Gasteiger partial charge in [-0.1, -0.05) is 30.3 Å². The molecule has 8 nitrogen and oxygen atoms in total. The Morgan fingerprint density at radius 2 is 1.71 bits per heavy atom. The summed E-state index contributed by atoms with van der Waals surface area (Å²) in [5.41, 5.74) is 1.12. The summed E-state index contributed by atoms with van der Waals surface area (Å²) in [6.07, 6.45) is 0.384. The van der Waals surface area contributed by atoms with Crippen molar-refractivity contribution < 1.29 is 34.7 Å². The molecule has 8 heteroatoms. The van der Waals surface area contributed by atoms with Crippen molar-refractivity contribution in [1.82, 2.24) is 0 Å². The maximum atomic E-state index is 13.2. The lowest BCUT2D eigenvalue weighted by Crippen LogP contribution is -2.22. The normalized spacial score (nSPS) is 12.1. The van der Waals surface area contributed by atoms with Gasteiger partial charge in [0.05, 0.1) is 6.61 Å². The maximum absolute atomic E-state index is 13.2. The number of benzene rings is 3. The largest absolute Gasteiger partial charge is 0.508 e. The van der Waals surface area contributed by atoms with Gasteiger partial charge in [-0.3, -0.25) is 4.79 Å². The summed E-state index contributed by atoms with van der Waals surface area (Å²) in [5.74, 6) is -0.996. The quantitative estimate of drug-likeness (QED) is 0.245. The highest BCUT2D eigenvalue weighted by molar-refractivity contribution is 5.88. The topological polar surface area (TPSA) is 141 Å². The van der Waals surface area contributed by atoms with Gasteiger partial charge in [0.15, 0.2) is 5.76 Å². The van der Waals surface area contributed by atoms with E-state index >= 15 is 0 Å². The van der Waals surface area contributed by atoms with Gasteiger partial charge in [0.2, 0.25) is 11.2 Å². The van der Waals surface area contributed by atoms with E-state index in [1.165, 1.54) is 24.3 Å². The van der Waals surface area contributed by atoms with E-state index in [0.717, 1.165) is 5.56 Å². The minimum atomic E-state index is -0.771. The number of ether oxygens (including phenoxy) is 1. The molecule has 1 atom stereocenters.